The van der Waals surface area contributed by atoms with Crippen LogP contribution in [-0.4, -0.2) is 23.7 Å². The van der Waals surface area contributed by atoms with Crippen LogP contribution in [0.4, 0.5) is 0 Å². The zero-order valence-electron chi connectivity index (χ0n) is 14.4. The lowest BCUT2D eigenvalue weighted by molar-refractivity contribution is -0.122. The van der Waals surface area contributed by atoms with Gasteiger partial charge in [0, 0.05) is 12.5 Å². The molecule has 2 aromatic rings. The Morgan fingerprint density at radius 3 is 2.75 bits per heavy atom. The predicted molar refractivity (Wildman–Crippen MR) is 91.9 cm³/mol. The maximum absolute atomic E-state index is 11.9. The Kier molecular flexibility index (Phi) is 6.44. The summed E-state index contributed by atoms with van der Waals surface area (Å²) >= 11 is 0. The molecule has 0 aliphatic carbocycles. The molecule has 0 fully saturated rings. The van der Waals surface area contributed by atoms with Crippen molar-refractivity contribution < 1.29 is 19.1 Å². The second-order valence-electron chi connectivity index (χ2n) is 6.08. The van der Waals surface area contributed by atoms with Crippen LogP contribution in [0.5, 0.6) is 5.75 Å². The summed E-state index contributed by atoms with van der Waals surface area (Å²) in [5, 5.41) is 12.9. The van der Waals surface area contributed by atoms with Crippen molar-refractivity contribution in [3.63, 3.8) is 0 Å². The van der Waals surface area contributed by atoms with E-state index in [1.807, 2.05) is 39.0 Å². The molecule has 1 amide bonds. The minimum atomic E-state index is -0.720. The number of rotatable bonds is 8. The van der Waals surface area contributed by atoms with Crippen molar-refractivity contribution >= 4 is 5.91 Å². The van der Waals surface area contributed by atoms with Gasteiger partial charge in [0.15, 0.2) is 0 Å². The lowest BCUT2D eigenvalue weighted by Gasteiger charge is -2.17. The summed E-state index contributed by atoms with van der Waals surface area (Å²) < 4.78 is 10.8. The van der Waals surface area contributed by atoms with Gasteiger partial charge in [-0.15, -0.1) is 0 Å². The van der Waals surface area contributed by atoms with E-state index < -0.39 is 6.10 Å². The summed E-state index contributed by atoms with van der Waals surface area (Å²) in [6.45, 7) is 6.25. The first-order valence-electron chi connectivity index (χ1n) is 8.16. The van der Waals surface area contributed by atoms with E-state index in [4.69, 9.17) is 9.15 Å². The molecule has 0 aliphatic rings. The smallest absolute Gasteiger partial charge is 0.223 e. The minimum Gasteiger partial charge on any atom is -0.493 e. The summed E-state index contributed by atoms with van der Waals surface area (Å²) in [6.07, 6.45) is 1.47. The van der Waals surface area contributed by atoms with Crippen LogP contribution in [0.2, 0.25) is 0 Å². The molecule has 0 aliphatic heterocycles. The van der Waals surface area contributed by atoms with E-state index in [1.165, 1.54) is 11.8 Å². The van der Waals surface area contributed by atoms with E-state index in [9.17, 15) is 9.90 Å². The maximum atomic E-state index is 11.9. The van der Waals surface area contributed by atoms with Crippen LogP contribution in [0.3, 0.4) is 0 Å². The largest absolute Gasteiger partial charge is 0.493 e. The molecular formula is C19H25NO4. The molecule has 24 heavy (non-hydrogen) atoms. The van der Waals surface area contributed by atoms with Gasteiger partial charge in [-0.1, -0.05) is 6.07 Å². The molecule has 0 saturated carbocycles. The average Bonchev–Trinajstić information content (AvgIpc) is 3.05. The third-order valence-corrected chi connectivity index (χ3v) is 3.93. The van der Waals surface area contributed by atoms with E-state index in [-0.39, 0.29) is 18.4 Å². The van der Waals surface area contributed by atoms with Gasteiger partial charge in [0.2, 0.25) is 5.91 Å². The van der Waals surface area contributed by atoms with Gasteiger partial charge in [0.25, 0.3) is 0 Å². The first-order chi connectivity index (χ1) is 11.5. The highest BCUT2D eigenvalue weighted by Crippen LogP contribution is 2.19. The maximum Gasteiger partial charge on any atom is 0.223 e. The van der Waals surface area contributed by atoms with Gasteiger partial charge >= 0.3 is 0 Å². The molecular weight excluding hydrogens is 306 g/mol. The molecule has 0 bridgehead atoms. The van der Waals surface area contributed by atoms with Gasteiger partial charge < -0.3 is 19.6 Å². The molecule has 130 valence electrons. The Labute approximate surface area is 142 Å². The normalized spacial score (nSPS) is 13.3. The summed E-state index contributed by atoms with van der Waals surface area (Å²) in [6, 6.07) is 9.17. The molecule has 2 N–H and O–H groups in total. The fraction of sp³-hybridized carbons (Fsp3) is 0.421. The quantitative estimate of drug-likeness (QED) is 0.778. The number of hydrogen-bond donors (Lipinski definition) is 2. The second kappa shape index (κ2) is 8.55. The number of aliphatic hydroxyl groups excluding tert-OH is 1. The highest BCUT2D eigenvalue weighted by Gasteiger charge is 2.16. The highest BCUT2D eigenvalue weighted by molar-refractivity contribution is 5.76. The van der Waals surface area contributed by atoms with E-state index in [1.54, 1.807) is 12.1 Å². The lowest BCUT2D eigenvalue weighted by atomic mass is 10.1. The number of benzene rings is 1. The standard InChI is InChI=1S/C19H25NO4/c1-13-6-7-16(11-14(13)2)23-10-8-19(22)20-15(3)12-17(21)18-5-4-9-24-18/h4-7,9,11,15,17,21H,8,10,12H2,1-3H3,(H,20,22). The van der Waals surface area contributed by atoms with E-state index in [2.05, 4.69) is 5.32 Å². The summed E-state index contributed by atoms with van der Waals surface area (Å²) in [4.78, 5) is 11.9. The van der Waals surface area contributed by atoms with Crippen LogP contribution in [0, 0.1) is 13.8 Å². The van der Waals surface area contributed by atoms with Gasteiger partial charge in [-0.2, -0.15) is 0 Å². The number of nitrogens with one attached hydrogen (secondary N) is 1. The third kappa shape index (κ3) is 5.42. The Bertz CT molecular complexity index is 651. The van der Waals surface area contributed by atoms with E-state index in [0.29, 0.717) is 18.8 Å². The second-order valence-corrected chi connectivity index (χ2v) is 6.08. The highest BCUT2D eigenvalue weighted by atomic mass is 16.5. The summed E-state index contributed by atoms with van der Waals surface area (Å²) in [7, 11) is 0. The van der Waals surface area contributed by atoms with Gasteiger partial charge in [-0.3, -0.25) is 4.79 Å². The number of ether oxygens (including phenoxy) is 1. The Morgan fingerprint density at radius 2 is 2.08 bits per heavy atom. The van der Waals surface area contributed by atoms with Crippen molar-refractivity contribution in [1.29, 1.82) is 0 Å². The fourth-order valence-electron chi connectivity index (χ4n) is 2.40. The van der Waals surface area contributed by atoms with Crippen LogP contribution >= 0.6 is 0 Å². The molecule has 0 saturated heterocycles. The molecule has 2 atom stereocenters. The topological polar surface area (TPSA) is 71.7 Å². The Balaban J connectivity index is 1.69. The number of aliphatic hydroxyl groups is 1. The molecule has 0 radical (unpaired) electrons. The molecule has 1 aromatic carbocycles. The van der Waals surface area contributed by atoms with Crippen LogP contribution in [0.1, 0.15) is 42.8 Å². The van der Waals surface area contributed by atoms with E-state index in [0.717, 1.165) is 11.3 Å². The summed E-state index contributed by atoms with van der Waals surface area (Å²) in [5.41, 5.74) is 2.38. The minimum absolute atomic E-state index is 0.0991. The van der Waals surface area contributed by atoms with Crippen LogP contribution in [-0.2, 0) is 4.79 Å². The van der Waals surface area contributed by atoms with Crippen molar-refractivity contribution in [1.82, 2.24) is 5.32 Å². The Morgan fingerprint density at radius 1 is 1.29 bits per heavy atom. The molecule has 1 aromatic heterocycles. The zero-order valence-corrected chi connectivity index (χ0v) is 14.4. The predicted octanol–water partition coefficient (Wildman–Crippen LogP) is 3.29. The van der Waals surface area contributed by atoms with Gasteiger partial charge in [0.1, 0.15) is 17.6 Å². The van der Waals surface area contributed by atoms with Gasteiger partial charge in [-0.05, 0) is 56.2 Å². The SMILES string of the molecule is Cc1ccc(OCCC(=O)NC(C)CC(O)c2ccco2)cc1C. The monoisotopic (exact) mass is 331 g/mol. The fourth-order valence-corrected chi connectivity index (χ4v) is 2.40. The van der Waals surface area contributed by atoms with Gasteiger partial charge in [-0.25, -0.2) is 0 Å². The van der Waals surface area contributed by atoms with E-state index >= 15 is 0 Å². The van der Waals surface area contributed by atoms with Crippen LogP contribution in [0.25, 0.3) is 0 Å². The molecule has 0 spiro atoms. The van der Waals surface area contributed by atoms with Crippen molar-refractivity contribution in [3.8, 4) is 5.75 Å². The van der Waals surface area contributed by atoms with Crippen LogP contribution < -0.4 is 10.1 Å². The lowest BCUT2D eigenvalue weighted by Crippen LogP contribution is -2.34. The summed E-state index contributed by atoms with van der Waals surface area (Å²) in [5.74, 6) is 1.18. The van der Waals surface area contributed by atoms with Crippen molar-refractivity contribution in [3.05, 3.63) is 53.5 Å². The molecule has 2 rings (SSSR count). The first-order valence-corrected chi connectivity index (χ1v) is 8.16. The molecule has 1 heterocycles. The van der Waals surface area contributed by atoms with Crippen molar-refractivity contribution in [2.45, 2.75) is 45.8 Å². The molecule has 2 unspecified atom stereocenters. The Hall–Kier alpha value is -2.27. The number of carbonyl (C=O) groups excluding carboxylic acids is 1. The first kappa shape index (κ1) is 18.1. The number of furan rings is 1. The number of amides is 1. The van der Waals surface area contributed by atoms with Crippen molar-refractivity contribution in [2.24, 2.45) is 0 Å². The number of hydrogen-bond acceptors (Lipinski definition) is 4. The number of aryl methyl sites for hydroxylation is 2. The van der Waals surface area contributed by atoms with Crippen molar-refractivity contribution in [2.75, 3.05) is 6.61 Å². The van der Waals surface area contributed by atoms with Crippen LogP contribution in [0.15, 0.2) is 41.0 Å². The molecule has 5 heteroatoms. The van der Waals surface area contributed by atoms with Gasteiger partial charge in [0.05, 0.1) is 19.3 Å². The molecule has 5 nitrogen and oxygen atoms in total. The zero-order chi connectivity index (χ0) is 17.5. The number of carbonyl (C=O) groups is 1. The third-order valence-electron chi connectivity index (χ3n) is 3.93. The average molecular weight is 331 g/mol.